The SMILES string of the molecule is NC(CCOc1cc(Cl)ccc1[N+](=O)[O-])C(=O)O. The summed E-state index contributed by atoms with van der Waals surface area (Å²) in [5.74, 6) is -1.16. The Kier molecular flexibility index (Phi) is 4.87. The van der Waals surface area contributed by atoms with Crippen molar-refractivity contribution >= 4 is 23.3 Å². The molecule has 0 amide bonds. The molecule has 8 heteroatoms. The van der Waals surface area contributed by atoms with Gasteiger partial charge in [-0.3, -0.25) is 14.9 Å². The van der Waals surface area contributed by atoms with Crippen LogP contribution >= 0.6 is 11.6 Å². The number of aliphatic carboxylic acids is 1. The number of benzene rings is 1. The van der Waals surface area contributed by atoms with E-state index in [0.29, 0.717) is 0 Å². The van der Waals surface area contributed by atoms with Crippen LogP contribution in [0.3, 0.4) is 0 Å². The lowest BCUT2D eigenvalue weighted by molar-refractivity contribution is -0.385. The van der Waals surface area contributed by atoms with Gasteiger partial charge in [0.15, 0.2) is 5.75 Å². The Labute approximate surface area is 107 Å². The van der Waals surface area contributed by atoms with Gasteiger partial charge in [-0.1, -0.05) is 11.6 Å². The minimum Gasteiger partial charge on any atom is -0.487 e. The molecule has 7 nitrogen and oxygen atoms in total. The standard InChI is InChI=1S/C10H11ClN2O5/c11-6-1-2-8(13(16)17)9(5-6)18-4-3-7(12)10(14)15/h1-2,5,7H,3-4,12H2,(H,14,15). The normalized spacial score (nSPS) is 11.9. The summed E-state index contributed by atoms with van der Waals surface area (Å²) in [6.45, 7) is -0.0470. The number of nitro groups is 1. The molecule has 0 fully saturated rings. The Bertz CT molecular complexity index is 466. The molecule has 1 rings (SSSR count). The molecule has 0 spiro atoms. The molecule has 0 saturated carbocycles. The van der Waals surface area contributed by atoms with Gasteiger partial charge in [-0.2, -0.15) is 0 Å². The van der Waals surface area contributed by atoms with Crippen LogP contribution in [0, 0.1) is 10.1 Å². The van der Waals surface area contributed by atoms with Crippen molar-refractivity contribution in [3.05, 3.63) is 33.3 Å². The first-order chi connectivity index (χ1) is 8.41. The quantitative estimate of drug-likeness (QED) is 0.599. The molecule has 98 valence electrons. The predicted octanol–water partition coefficient (Wildman–Crippen LogP) is 1.43. The largest absolute Gasteiger partial charge is 0.487 e. The number of halogens is 1. The number of hydrogen-bond donors (Lipinski definition) is 2. The van der Waals surface area contributed by atoms with E-state index in [1.807, 2.05) is 0 Å². The Hall–Kier alpha value is -1.86. The van der Waals surface area contributed by atoms with Crippen LogP contribution < -0.4 is 10.5 Å². The third-order valence-corrected chi connectivity index (χ3v) is 2.36. The lowest BCUT2D eigenvalue weighted by Gasteiger charge is -2.09. The highest BCUT2D eigenvalue weighted by Gasteiger charge is 2.17. The fraction of sp³-hybridized carbons (Fsp3) is 0.300. The molecule has 3 N–H and O–H groups in total. The molecule has 1 unspecified atom stereocenters. The summed E-state index contributed by atoms with van der Waals surface area (Å²) in [5.41, 5.74) is 5.04. The third kappa shape index (κ3) is 3.86. The van der Waals surface area contributed by atoms with Crippen LogP contribution in [0.5, 0.6) is 5.75 Å². The summed E-state index contributed by atoms with van der Waals surface area (Å²) < 4.78 is 5.13. The van der Waals surface area contributed by atoms with Gasteiger partial charge in [-0.25, -0.2) is 0 Å². The van der Waals surface area contributed by atoms with Crippen molar-refractivity contribution in [3.8, 4) is 5.75 Å². The Morgan fingerprint density at radius 3 is 2.83 bits per heavy atom. The zero-order valence-corrected chi connectivity index (χ0v) is 9.96. The maximum absolute atomic E-state index is 10.7. The second kappa shape index (κ2) is 6.18. The van der Waals surface area contributed by atoms with Crippen molar-refractivity contribution in [2.45, 2.75) is 12.5 Å². The molecule has 18 heavy (non-hydrogen) atoms. The van der Waals surface area contributed by atoms with Crippen LogP contribution in [-0.2, 0) is 4.79 Å². The minimum atomic E-state index is -1.15. The van der Waals surface area contributed by atoms with Crippen LogP contribution in [0.25, 0.3) is 0 Å². The van der Waals surface area contributed by atoms with E-state index in [1.165, 1.54) is 18.2 Å². The third-order valence-electron chi connectivity index (χ3n) is 2.12. The van der Waals surface area contributed by atoms with E-state index in [0.717, 1.165) is 0 Å². The van der Waals surface area contributed by atoms with Crippen molar-refractivity contribution < 1.29 is 19.6 Å². The van der Waals surface area contributed by atoms with Gasteiger partial charge in [0.1, 0.15) is 6.04 Å². The first-order valence-electron chi connectivity index (χ1n) is 4.97. The van der Waals surface area contributed by atoms with Crippen molar-refractivity contribution in [3.63, 3.8) is 0 Å². The van der Waals surface area contributed by atoms with Crippen molar-refractivity contribution in [1.29, 1.82) is 0 Å². The molecule has 0 radical (unpaired) electrons. The molecule has 0 saturated heterocycles. The van der Waals surface area contributed by atoms with Crippen molar-refractivity contribution in [1.82, 2.24) is 0 Å². The zero-order chi connectivity index (χ0) is 13.7. The van der Waals surface area contributed by atoms with Crippen LogP contribution in [0.4, 0.5) is 5.69 Å². The highest BCUT2D eigenvalue weighted by molar-refractivity contribution is 6.30. The molecular weight excluding hydrogens is 264 g/mol. The molecular formula is C10H11ClN2O5. The molecule has 0 aliphatic carbocycles. The lowest BCUT2D eigenvalue weighted by atomic mass is 10.2. The van der Waals surface area contributed by atoms with E-state index in [2.05, 4.69) is 0 Å². The molecule has 0 aromatic heterocycles. The molecule has 1 aromatic carbocycles. The zero-order valence-electron chi connectivity index (χ0n) is 9.21. The molecule has 0 heterocycles. The van der Waals surface area contributed by atoms with Crippen molar-refractivity contribution in [2.24, 2.45) is 5.73 Å². The summed E-state index contributed by atoms with van der Waals surface area (Å²) >= 11 is 5.69. The Morgan fingerprint density at radius 1 is 1.61 bits per heavy atom. The summed E-state index contributed by atoms with van der Waals surface area (Å²) in [7, 11) is 0. The second-order valence-electron chi connectivity index (χ2n) is 3.45. The number of rotatable bonds is 6. The van der Waals surface area contributed by atoms with E-state index in [4.69, 9.17) is 27.2 Å². The van der Waals surface area contributed by atoms with Crippen LogP contribution in [0.15, 0.2) is 18.2 Å². The van der Waals surface area contributed by atoms with Crippen LogP contribution in [0.1, 0.15) is 6.42 Å². The Balaban J connectivity index is 2.69. The summed E-state index contributed by atoms with van der Waals surface area (Å²) in [4.78, 5) is 20.6. The molecule has 0 aliphatic heterocycles. The van der Waals surface area contributed by atoms with Gasteiger partial charge >= 0.3 is 11.7 Å². The number of ether oxygens (including phenoxy) is 1. The van der Waals surface area contributed by atoms with Gasteiger partial charge in [-0.15, -0.1) is 0 Å². The molecule has 1 aromatic rings. The van der Waals surface area contributed by atoms with E-state index in [9.17, 15) is 14.9 Å². The van der Waals surface area contributed by atoms with E-state index in [-0.39, 0.29) is 29.5 Å². The van der Waals surface area contributed by atoms with E-state index in [1.54, 1.807) is 0 Å². The fourth-order valence-corrected chi connectivity index (χ4v) is 1.34. The van der Waals surface area contributed by atoms with Gasteiger partial charge in [0.25, 0.3) is 0 Å². The first kappa shape index (κ1) is 14.2. The van der Waals surface area contributed by atoms with Gasteiger partial charge in [0, 0.05) is 23.6 Å². The average Bonchev–Trinajstić information content (AvgIpc) is 2.28. The number of carboxylic acids is 1. The Morgan fingerprint density at radius 2 is 2.28 bits per heavy atom. The number of nitrogens with two attached hydrogens (primary N) is 1. The molecule has 1 atom stereocenters. The highest BCUT2D eigenvalue weighted by Crippen LogP contribution is 2.29. The van der Waals surface area contributed by atoms with Crippen LogP contribution in [-0.4, -0.2) is 28.6 Å². The summed E-state index contributed by atoms with van der Waals surface area (Å²) in [6.07, 6.45) is 0.0407. The topological polar surface area (TPSA) is 116 Å². The smallest absolute Gasteiger partial charge is 0.320 e. The fourth-order valence-electron chi connectivity index (χ4n) is 1.17. The van der Waals surface area contributed by atoms with Crippen molar-refractivity contribution in [2.75, 3.05) is 6.61 Å². The summed E-state index contributed by atoms with van der Waals surface area (Å²) in [6, 6.07) is 2.82. The summed E-state index contributed by atoms with van der Waals surface area (Å²) in [5, 5.41) is 19.5. The van der Waals surface area contributed by atoms with E-state index < -0.39 is 16.9 Å². The minimum absolute atomic E-state index is 0.00918. The molecule has 0 aliphatic rings. The number of nitro benzene ring substituents is 1. The predicted molar refractivity (Wildman–Crippen MR) is 63.8 cm³/mol. The number of nitrogens with zero attached hydrogens (tertiary/aromatic N) is 1. The lowest BCUT2D eigenvalue weighted by Crippen LogP contribution is -2.31. The van der Waals surface area contributed by atoms with Crippen LogP contribution in [0.2, 0.25) is 5.02 Å². The highest BCUT2D eigenvalue weighted by atomic mass is 35.5. The maximum atomic E-state index is 10.7. The average molecular weight is 275 g/mol. The number of hydrogen-bond acceptors (Lipinski definition) is 5. The first-order valence-corrected chi connectivity index (χ1v) is 5.34. The number of carboxylic acid groups (broad SMARTS) is 1. The van der Waals surface area contributed by atoms with Gasteiger partial charge in [0.2, 0.25) is 0 Å². The van der Waals surface area contributed by atoms with Gasteiger partial charge in [0.05, 0.1) is 11.5 Å². The maximum Gasteiger partial charge on any atom is 0.320 e. The van der Waals surface area contributed by atoms with E-state index >= 15 is 0 Å². The number of carbonyl (C=O) groups is 1. The molecule has 0 bridgehead atoms. The van der Waals surface area contributed by atoms with Gasteiger partial charge < -0.3 is 15.6 Å². The monoisotopic (exact) mass is 274 g/mol. The second-order valence-corrected chi connectivity index (χ2v) is 3.89. The van der Waals surface area contributed by atoms with Gasteiger partial charge in [-0.05, 0) is 6.07 Å².